The normalized spacial score (nSPS) is 18.4. The van der Waals surface area contributed by atoms with E-state index in [-0.39, 0.29) is 30.0 Å². The van der Waals surface area contributed by atoms with Gasteiger partial charge < -0.3 is 15.8 Å². The third kappa shape index (κ3) is 2.87. The van der Waals surface area contributed by atoms with Gasteiger partial charge in [0.15, 0.2) is 0 Å². The zero-order valence-electron chi connectivity index (χ0n) is 10.9. The summed E-state index contributed by atoms with van der Waals surface area (Å²) in [5.41, 5.74) is 6.28. The molecule has 1 aliphatic rings. The minimum atomic E-state index is -0.721. The van der Waals surface area contributed by atoms with E-state index in [1.165, 1.54) is 19.2 Å². The van der Waals surface area contributed by atoms with E-state index in [4.69, 9.17) is 10.5 Å². The zero-order valence-corrected chi connectivity index (χ0v) is 10.9. The lowest BCUT2D eigenvalue weighted by Gasteiger charge is -2.22. The maximum Gasteiger partial charge on any atom is 0.254 e. The lowest BCUT2D eigenvalue weighted by molar-refractivity contribution is -0.134. The highest BCUT2D eigenvalue weighted by Crippen LogP contribution is 2.19. The molecule has 0 saturated carbocycles. The van der Waals surface area contributed by atoms with E-state index in [2.05, 4.69) is 10.6 Å². The molecule has 106 valence electrons. The first kappa shape index (κ1) is 13.9. The molecule has 1 aliphatic heterocycles. The fourth-order valence-corrected chi connectivity index (χ4v) is 1.94. The van der Waals surface area contributed by atoms with Crippen LogP contribution in [0.5, 0.6) is 5.75 Å². The summed E-state index contributed by atoms with van der Waals surface area (Å²) >= 11 is 0. The number of amides is 3. The Bertz CT molecular complexity index is 571. The maximum absolute atomic E-state index is 12.1. The summed E-state index contributed by atoms with van der Waals surface area (Å²) in [5.74, 6) is -0.745. The number of nitrogens with one attached hydrogen (secondary N) is 2. The molecule has 0 aromatic heterocycles. The van der Waals surface area contributed by atoms with E-state index < -0.39 is 17.9 Å². The highest BCUT2D eigenvalue weighted by Gasteiger charge is 2.28. The Balaban J connectivity index is 2.08. The molecular weight excluding hydrogens is 262 g/mol. The molecule has 1 unspecified atom stereocenters. The SMILES string of the molecule is COc1ccc(C(=O)NC2CCC(=O)NC2=O)c(N)c1. The van der Waals surface area contributed by atoms with Gasteiger partial charge in [-0.05, 0) is 18.6 Å². The van der Waals surface area contributed by atoms with Crippen molar-refractivity contribution in [3.8, 4) is 5.75 Å². The van der Waals surface area contributed by atoms with Gasteiger partial charge >= 0.3 is 0 Å². The van der Waals surface area contributed by atoms with Crippen LogP contribution in [0, 0.1) is 0 Å². The molecule has 7 nitrogen and oxygen atoms in total. The van der Waals surface area contributed by atoms with Crippen molar-refractivity contribution in [3.05, 3.63) is 23.8 Å². The van der Waals surface area contributed by atoms with Crippen LogP contribution in [0.2, 0.25) is 0 Å². The van der Waals surface area contributed by atoms with Crippen LogP contribution in [-0.2, 0) is 9.59 Å². The van der Waals surface area contributed by atoms with Gasteiger partial charge in [-0.25, -0.2) is 0 Å². The molecule has 20 heavy (non-hydrogen) atoms. The highest BCUT2D eigenvalue weighted by atomic mass is 16.5. The van der Waals surface area contributed by atoms with E-state index in [1.54, 1.807) is 6.07 Å². The summed E-state index contributed by atoms with van der Waals surface area (Å²) < 4.78 is 5.00. The molecule has 2 rings (SSSR count). The molecule has 3 amide bonds. The Morgan fingerprint density at radius 3 is 2.80 bits per heavy atom. The van der Waals surface area contributed by atoms with E-state index in [1.807, 2.05) is 0 Å². The first-order valence-electron chi connectivity index (χ1n) is 6.09. The molecular formula is C13H15N3O4. The Kier molecular flexibility index (Phi) is 3.88. The highest BCUT2D eigenvalue weighted by molar-refractivity contribution is 6.05. The van der Waals surface area contributed by atoms with Crippen LogP contribution in [0.15, 0.2) is 18.2 Å². The number of nitrogen functional groups attached to an aromatic ring is 1. The van der Waals surface area contributed by atoms with Crippen LogP contribution in [0.3, 0.4) is 0 Å². The average molecular weight is 277 g/mol. The number of hydrogen-bond donors (Lipinski definition) is 3. The van der Waals surface area contributed by atoms with Gasteiger partial charge in [0.1, 0.15) is 11.8 Å². The van der Waals surface area contributed by atoms with Crippen molar-refractivity contribution in [2.75, 3.05) is 12.8 Å². The van der Waals surface area contributed by atoms with Gasteiger partial charge in [0.25, 0.3) is 5.91 Å². The van der Waals surface area contributed by atoms with Crippen LogP contribution in [-0.4, -0.2) is 30.9 Å². The van der Waals surface area contributed by atoms with Crippen molar-refractivity contribution < 1.29 is 19.1 Å². The second-order valence-corrected chi connectivity index (χ2v) is 4.43. The molecule has 1 aromatic rings. The van der Waals surface area contributed by atoms with Crippen LogP contribution in [0.25, 0.3) is 0 Å². The van der Waals surface area contributed by atoms with Crippen LogP contribution < -0.4 is 21.1 Å². The standard InChI is InChI=1S/C13H15N3O4/c1-20-7-2-3-8(9(14)6-7)12(18)15-10-4-5-11(17)16-13(10)19/h2-3,6,10H,4-5,14H2,1H3,(H,15,18)(H,16,17,19). The molecule has 4 N–H and O–H groups in total. The number of methoxy groups -OCH3 is 1. The average Bonchev–Trinajstić information content (AvgIpc) is 2.41. The fourth-order valence-electron chi connectivity index (χ4n) is 1.94. The van der Waals surface area contributed by atoms with Gasteiger partial charge in [-0.15, -0.1) is 0 Å². The second-order valence-electron chi connectivity index (χ2n) is 4.43. The predicted molar refractivity (Wildman–Crippen MR) is 71.0 cm³/mol. The van der Waals surface area contributed by atoms with Gasteiger partial charge in [-0.3, -0.25) is 19.7 Å². The minimum absolute atomic E-state index is 0.203. The summed E-state index contributed by atoms with van der Waals surface area (Å²) in [5, 5.41) is 4.73. The third-order valence-electron chi connectivity index (χ3n) is 3.05. The minimum Gasteiger partial charge on any atom is -0.497 e. The molecule has 1 aromatic carbocycles. The molecule has 0 radical (unpaired) electrons. The molecule has 1 saturated heterocycles. The van der Waals surface area contributed by atoms with Gasteiger partial charge in [-0.1, -0.05) is 0 Å². The van der Waals surface area contributed by atoms with Gasteiger partial charge in [0.2, 0.25) is 11.8 Å². The van der Waals surface area contributed by atoms with Crippen LogP contribution in [0.4, 0.5) is 5.69 Å². The van der Waals surface area contributed by atoms with Crippen molar-refractivity contribution in [1.82, 2.24) is 10.6 Å². The lowest BCUT2D eigenvalue weighted by Crippen LogP contribution is -2.52. The van der Waals surface area contributed by atoms with Crippen molar-refractivity contribution in [2.45, 2.75) is 18.9 Å². The Labute approximate surface area is 115 Å². The molecule has 1 fully saturated rings. The van der Waals surface area contributed by atoms with Crippen LogP contribution >= 0.6 is 0 Å². The number of carbonyl (C=O) groups excluding carboxylic acids is 3. The first-order chi connectivity index (χ1) is 9.51. The number of ether oxygens (including phenoxy) is 1. The van der Waals surface area contributed by atoms with Crippen LogP contribution in [0.1, 0.15) is 23.2 Å². The first-order valence-corrected chi connectivity index (χ1v) is 6.09. The van der Waals surface area contributed by atoms with Crippen molar-refractivity contribution >= 4 is 23.4 Å². The number of rotatable bonds is 3. The Hall–Kier alpha value is -2.57. The zero-order chi connectivity index (χ0) is 14.7. The Morgan fingerprint density at radius 1 is 1.45 bits per heavy atom. The molecule has 0 spiro atoms. The van der Waals surface area contributed by atoms with Crippen molar-refractivity contribution in [3.63, 3.8) is 0 Å². The van der Waals surface area contributed by atoms with Gasteiger partial charge in [0, 0.05) is 18.2 Å². The third-order valence-corrected chi connectivity index (χ3v) is 3.05. The van der Waals surface area contributed by atoms with Crippen molar-refractivity contribution in [1.29, 1.82) is 0 Å². The molecule has 1 atom stereocenters. The largest absolute Gasteiger partial charge is 0.497 e. The summed E-state index contributed by atoms with van der Waals surface area (Å²) in [7, 11) is 1.50. The molecule has 1 heterocycles. The summed E-state index contributed by atoms with van der Waals surface area (Å²) in [6.45, 7) is 0. The quantitative estimate of drug-likeness (QED) is 0.524. The topological polar surface area (TPSA) is 111 Å². The summed E-state index contributed by atoms with van der Waals surface area (Å²) in [6.07, 6.45) is 0.487. The van der Waals surface area contributed by atoms with Crippen molar-refractivity contribution in [2.24, 2.45) is 0 Å². The monoisotopic (exact) mass is 277 g/mol. The lowest BCUT2D eigenvalue weighted by atomic mass is 10.1. The van der Waals surface area contributed by atoms with E-state index >= 15 is 0 Å². The van der Waals surface area contributed by atoms with E-state index in [9.17, 15) is 14.4 Å². The smallest absolute Gasteiger partial charge is 0.254 e. The number of carbonyl (C=O) groups is 3. The summed E-state index contributed by atoms with van der Waals surface area (Å²) in [4.78, 5) is 34.6. The fraction of sp³-hybridized carbons (Fsp3) is 0.308. The predicted octanol–water partition coefficient (Wildman–Crippen LogP) is -0.188. The number of piperidine rings is 1. The Morgan fingerprint density at radius 2 is 2.20 bits per heavy atom. The number of nitrogens with two attached hydrogens (primary N) is 1. The van der Waals surface area contributed by atoms with E-state index in [0.717, 1.165) is 0 Å². The van der Waals surface area contributed by atoms with Gasteiger partial charge in [-0.2, -0.15) is 0 Å². The van der Waals surface area contributed by atoms with E-state index in [0.29, 0.717) is 5.75 Å². The number of benzene rings is 1. The molecule has 0 bridgehead atoms. The number of hydrogen-bond acceptors (Lipinski definition) is 5. The maximum atomic E-state index is 12.1. The molecule has 0 aliphatic carbocycles. The number of anilines is 1. The number of imide groups is 1. The molecule has 7 heteroatoms. The van der Waals surface area contributed by atoms with Gasteiger partial charge in [0.05, 0.1) is 12.7 Å². The summed E-state index contributed by atoms with van der Waals surface area (Å²) in [6, 6.07) is 3.94. The second kappa shape index (κ2) is 5.60.